The van der Waals surface area contributed by atoms with Crippen LogP contribution in [0.2, 0.25) is 0 Å². The van der Waals surface area contributed by atoms with Crippen molar-refractivity contribution in [3.63, 3.8) is 0 Å². The van der Waals surface area contributed by atoms with Crippen LogP contribution in [0.5, 0.6) is 5.75 Å². The van der Waals surface area contributed by atoms with Gasteiger partial charge in [0.25, 0.3) is 0 Å². The van der Waals surface area contributed by atoms with E-state index in [1.165, 1.54) is 0 Å². The van der Waals surface area contributed by atoms with Crippen LogP contribution in [0.3, 0.4) is 0 Å². The maximum Gasteiger partial charge on any atom is 0.189 e. The highest BCUT2D eigenvalue weighted by Gasteiger charge is 2.12. The molecule has 0 aromatic heterocycles. The highest BCUT2D eigenvalue weighted by Crippen LogP contribution is 2.25. The Hall–Kier alpha value is -1.57. The van der Waals surface area contributed by atoms with E-state index >= 15 is 0 Å². The molecular weight excluding hydrogens is 200 g/mol. The summed E-state index contributed by atoms with van der Waals surface area (Å²) in [5, 5.41) is 0. The number of allylic oxidation sites excluding steroid dienone is 2. The van der Waals surface area contributed by atoms with Gasteiger partial charge in [0.1, 0.15) is 5.75 Å². The van der Waals surface area contributed by atoms with Gasteiger partial charge in [-0.25, -0.2) is 0 Å². The molecule has 0 unspecified atom stereocenters. The smallest absolute Gasteiger partial charge is 0.189 e. The van der Waals surface area contributed by atoms with Gasteiger partial charge in [0.15, 0.2) is 5.78 Å². The van der Waals surface area contributed by atoms with Crippen LogP contribution in [0.25, 0.3) is 0 Å². The monoisotopic (exact) mass is 218 g/mol. The Labute approximate surface area is 96.9 Å². The Balaban J connectivity index is 3.32. The predicted octanol–water partition coefficient (Wildman–Crippen LogP) is 3.46. The molecule has 0 spiro atoms. The van der Waals surface area contributed by atoms with Gasteiger partial charge < -0.3 is 4.74 Å². The van der Waals surface area contributed by atoms with E-state index in [2.05, 4.69) is 0 Å². The fraction of sp³-hybridized carbons (Fsp3) is 0.357. The Morgan fingerprint density at radius 3 is 2.38 bits per heavy atom. The second-order valence-corrected chi connectivity index (χ2v) is 4.25. The Morgan fingerprint density at radius 2 is 1.88 bits per heavy atom. The molecule has 0 atom stereocenters. The van der Waals surface area contributed by atoms with Crippen molar-refractivity contribution >= 4 is 5.78 Å². The average molecular weight is 218 g/mol. The quantitative estimate of drug-likeness (QED) is 0.573. The summed E-state index contributed by atoms with van der Waals surface area (Å²) in [6, 6.07) is 3.88. The van der Waals surface area contributed by atoms with Gasteiger partial charge in [-0.2, -0.15) is 0 Å². The minimum Gasteiger partial charge on any atom is -0.496 e. The van der Waals surface area contributed by atoms with Crippen LogP contribution in [0.4, 0.5) is 0 Å². The van der Waals surface area contributed by atoms with Gasteiger partial charge in [-0.3, -0.25) is 4.79 Å². The lowest BCUT2D eigenvalue weighted by molar-refractivity contribution is 0.104. The van der Waals surface area contributed by atoms with E-state index in [-0.39, 0.29) is 5.78 Å². The van der Waals surface area contributed by atoms with E-state index in [1.807, 2.05) is 39.8 Å². The Morgan fingerprint density at radius 1 is 1.25 bits per heavy atom. The molecular formula is C14H18O2. The summed E-state index contributed by atoms with van der Waals surface area (Å²) in [6.07, 6.45) is 1.64. The molecule has 1 rings (SSSR count). The lowest BCUT2D eigenvalue weighted by atomic mass is 10.0. The summed E-state index contributed by atoms with van der Waals surface area (Å²) >= 11 is 0. The molecule has 0 aliphatic heterocycles. The summed E-state index contributed by atoms with van der Waals surface area (Å²) in [7, 11) is 1.59. The Kier molecular flexibility index (Phi) is 3.88. The first-order chi connectivity index (χ1) is 7.45. The maximum absolute atomic E-state index is 12.0. The highest BCUT2D eigenvalue weighted by molar-refractivity contribution is 6.07. The molecule has 16 heavy (non-hydrogen) atoms. The molecule has 0 aliphatic carbocycles. The third-order valence-electron chi connectivity index (χ3n) is 2.31. The fourth-order valence-electron chi connectivity index (χ4n) is 1.75. The third kappa shape index (κ3) is 2.72. The lowest BCUT2D eigenvalue weighted by Crippen LogP contribution is -2.02. The lowest BCUT2D eigenvalue weighted by Gasteiger charge is -2.10. The summed E-state index contributed by atoms with van der Waals surface area (Å²) in [5.74, 6) is 0.678. The number of methoxy groups -OCH3 is 1. The van der Waals surface area contributed by atoms with Gasteiger partial charge >= 0.3 is 0 Å². The van der Waals surface area contributed by atoms with E-state index in [0.717, 1.165) is 16.7 Å². The molecule has 0 saturated carbocycles. The van der Waals surface area contributed by atoms with Crippen LogP contribution in [0, 0.1) is 13.8 Å². The van der Waals surface area contributed by atoms with Crippen molar-refractivity contribution in [1.82, 2.24) is 0 Å². The molecule has 0 amide bonds. The number of carbonyl (C=O) groups excluding carboxylic acids is 1. The molecule has 0 aliphatic rings. The van der Waals surface area contributed by atoms with Gasteiger partial charge in [-0.15, -0.1) is 0 Å². The van der Waals surface area contributed by atoms with E-state index < -0.39 is 0 Å². The number of benzene rings is 1. The second kappa shape index (κ2) is 4.97. The predicted molar refractivity (Wildman–Crippen MR) is 66.2 cm³/mol. The standard InChI is InChI=1S/C14H18O2/c1-9(2)6-13(15)12-8-10(3)7-11(4)14(12)16-5/h6-8H,1-5H3. The zero-order valence-electron chi connectivity index (χ0n) is 10.5. The molecule has 2 heteroatoms. The number of carbonyl (C=O) groups is 1. The average Bonchev–Trinajstić information content (AvgIpc) is 2.15. The molecule has 1 aromatic rings. The van der Waals surface area contributed by atoms with Crippen molar-refractivity contribution in [2.75, 3.05) is 7.11 Å². The van der Waals surface area contributed by atoms with Crippen LogP contribution in [-0.2, 0) is 0 Å². The topological polar surface area (TPSA) is 26.3 Å². The largest absolute Gasteiger partial charge is 0.496 e. The van der Waals surface area contributed by atoms with Crippen LogP contribution in [-0.4, -0.2) is 12.9 Å². The van der Waals surface area contributed by atoms with E-state index in [9.17, 15) is 4.79 Å². The first-order valence-electron chi connectivity index (χ1n) is 5.30. The van der Waals surface area contributed by atoms with Gasteiger partial charge in [0, 0.05) is 0 Å². The molecule has 0 saturated heterocycles. The van der Waals surface area contributed by atoms with Crippen molar-refractivity contribution in [1.29, 1.82) is 0 Å². The van der Waals surface area contributed by atoms with E-state index in [0.29, 0.717) is 11.3 Å². The number of ether oxygens (including phenoxy) is 1. The zero-order valence-corrected chi connectivity index (χ0v) is 10.5. The SMILES string of the molecule is COc1c(C)cc(C)cc1C(=O)C=C(C)C. The molecule has 0 N–H and O–H groups in total. The first-order valence-corrected chi connectivity index (χ1v) is 5.30. The molecule has 0 bridgehead atoms. The maximum atomic E-state index is 12.0. The van der Waals surface area contributed by atoms with Crippen molar-refractivity contribution in [3.8, 4) is 5.75 Å². The second-order valence-electron chi connectivity index (χ2n) is 4.25. The normalized spacial score (nSPS) is 9.81. The molecule has 1 aromatic carbocycles. The molecule has 0 heterocycles. The van der Waals surface area contributed by atoms with E-state index in [1.54, 1.807) is 13.2 Å². The molecule has 86 valence electrons. The Bertz CT molecular complexity index is 438. The number of hydrogen-bond donors (Lipinski definition) is 0. The number of aryl methyl sites for hydroxylation is 2. The minimum atomic E-state index is 0.00338. The van der Waals surface area contributed by atoms with Crippen molar-refractivity contribution in [2.45, 2.75) is 27.7 Å². The van der Waals surface area contributed by atoms with Crippen molar-refractivity contribution in [3.05, 3.63) is 40.5 Å². The van der Waals surface area contributed by atoms with Gasteiger partial charge in [-0.05, 0) is 51.0 Å². The van der Waals surface area contributed by atoms with Crippen LogP contribution in [0.15, 0.2) is 23.8 Å². The van der Waals surface area contributed by atoms with E-state index in [4.69, 9.17) is 4.74 Å². The van der Waals surface area contributed by atoms with Gasteiger partial charge in [0.05, 0.1) is 12.7 Å². The number of ketones is 1. The third-order valence-corrected chi connectivity index (χ3v) is 2.31. The first kappa shape index (κ1) is 12.5. The number of hydrogen-bond acceptors (Lipinski definition) is 2. The number of rotatable bonds is 3. The molecule has 0 radical (unpaired) electrons. The van der Waals surface area contributed by atoms with Gasteiger partial charge in [0.2, 0.25) is 0 Å². The van der Waals surface area contributed by atoms with Crippen LogP contribution >= 0.6 is 0 Å². The van der Waals surface area contributed by atoms with Gasteiger partial charge in [-0.1, -0.05) is 11.6 Å². The molecule has 2 nitrogen and oxygen atoms in total. The van der Waals surface area contributed by atoms with Crippen molar-refractivity contribution in [2.24, 2.45) is 0 Å². The van der Waals surface area contributed by atoms with Crippen molar-refractivity contribution < 1.29 is 9.53 Å². The van der Waals surface area contributed by atoms with Crippen LogP contribution < -0.4 is 4.74 Å². The molecule has 0 fully saturated rings. The minimum absolute atomic E-state index is 0.00338. The summed E-state index contributed by atoms with van der Waals surface area (Å²) in [6.45, 7) is 7.75. The summed E-state index contributed by atoms with van der Waals surface area (Å²) in [4.78, 5) is 12.0. The highest BCUT2D eigenvalue weighted by atomic mass is 16.5. The zero-order chi connectivity index (χ0) is 12.3. The van der Waals surface area contributed by atoms with Crippen LogP contribution in [0.1, 0.15) is 35.3 Å². The summed E-state index contributed by atoms with van der Waals surface area (Å²) < 4.78 is 5.28. The summed E-state index contributed by atoms with van der Waals surface area (Å²) in [5.41, 5.74) is 3.70. The fourth-order valence-corrected chi connectivity index (χ4v) is 1.75.